The Balaban J connectivity index is 2.33. The number of rotatable bonds is 4. The number of halogens is 2. The van der Waals surface area contributed by atoms with Gasteiger partial charge in [0.15, 0.2) is 0 Å². The van der Waals surface area contributed by atoms with Gasteiger partial charge in [-0.1, -0.05) is 29.3 Å². The lowest BCUT2D eigenvalue weighted by molar-refractivity contribution is 0.632. The smallest absolute Gasteiger partial charge is 0.0723 e. The van der Waals surface area contributed by atoms with Crippen molar-refractivity contribution in [2.45, 2.75) is 40.3 Å². The van der Waals surface area contributed by atoms with Gasteiger partial charge < -0.3 is 5.32 Å². The zero-order valence-corrected chi connectivity index (χ0v) is 13.7. The minimum Gasteiger partial charge on any atom is -0.376 e. The summed E-state index contributed by atoms with van der Waals surface area (Å²) in [6.07, 6.45) is 0. The van der Waals surface area contributed by atoms with Gasteiger partial charge in [0.05, 0.1) is 27.5 Å². The summed E-state index contributed by atoms with van der Waals surface area (Å²) < 4.78 is 2.01. The van der Waals surface area contributed by atoms with Crippen LogP contribution >= 0.6 is 23.2 Å². The third-order valence-electron chi connectivity index (χ3n) is 3.49. The van der Waals surface area contributed by atoms with Gasteiger partial charge >= 0.3 is 0 Å². The predicted molar refractivity (Wildman–Crippen MR) is 85.9 cm³/mol. The molecule has 0 aliphatic heterocycles. The first kappa shape index (κ1) is 15.2. The van der Waals surface area contributed by atoms with Crippen molar-refractivity contribution in [2.75, 3.05) is 5.32 Å². The third-order valence-corrected chi connectivity index (χ3v) is 4.12. The van der Waals surface area contributed by atoms with Crippen molar-refractivity contribution in [3.63, 3.8) is 0 Å². The summed E-state index contributed by atoms with van der Waals surface area (Å²) in [7, 11) is 0. The molecule has 2 rings (SSSR count). The Bertz CT molecular complexity index is 600. The van der Waals surface area contributed by atoms with Crippen LogP contribution in [0.1, 0.15) is 36.8 Å². The first-order valence-corrected chi connectivity index (χ1v) is 7.45. The van der Waals surface area contributed by atoms with E-state index in [1.54, 1.807) is 0 Å². The summed E-state index contributed by atoms with van der Waals surface area (Å²) in [5.41, 5.74) is 4.18. The zero-order valence-electron chi connectivity index (χ0n) is 12.2. The molecule has 1 atom stereocenters. The van der Waals surface area contributed by atoms with Crippen LogP contribution in [0, 0.1) is 13.8 Å². The summed E-state index contributed by atoms with van der Waals surface area (Å²) in [5, 5.41) is 9.20. The van der Waals surface area contributed by atoms with E-state index in [1.807, 2.05) is 29.8 Å². The van der Waals surface area contributed by atoms with E-state index >= 15 is 0 Å². The normalized spacial score (nSPS) is 12.5. The summed E-state index contributed by atoms with van der Waals surface area (Å²) >= 11 is 12.4. The first-order chi connectivity index (χ1) is 9.45. The number of nitrogens with one attached hydrogen (secondary N) is 1. The molecule has 0 radical (unpaired) electrons. The van der Waals surface area contributed by atoms with Crippen LogP contribution in [0.3, 0.4) is 0 Å². The van der Waals surface area contributed by atoms with Crippen molar-refractivity contribution >= 4 is 28.9 Å². The van der Waals surface area contributed by atoms with Gasteiger partial charge in [0.25, 0.3) is 0 Å². The van der Waals surface area contributed by atoms with Gasteiger partial charge in [-0.25, -0.2) is 0 Å². The second-order valence-electron chi connectivity index (χ2n) is 4.86. The van der Waals surface area contributed by atoms with E-state index in [2.05, 4.69) is 31.2 Å². The number of anilines is 1. The van der Waals surface area contributed by atoms with Crippen LogP contribution in [0.4, 0.5) is 5.69 Å². The molecule has 1 unspecified atom stereocenters. The number of aromatic nitrogens is 2. The van der Waals surface area contributed by atoms with E-state index in [-0.39, 0.29) is 6.04 Å². The van der Waals surface area contributed by atoms with Crippen LogP contribution in [-0.2, 0) is 6.54 Å². The average molecular weight is 312 g/mol. The molecule has 0 fully saturated rings. The van der Waals surface area contributed by atoms with Crippen LogP contribution < -0.4 is 5.32 Å². The summed E-state index contributed by atoms with van der Waals surface area (Å²) in [5.74, 6) is 0. The van der Waals surface area contributed by atoms with E-state index < -0.39 is 0 Å². The SMILES string of the molecule is CCn1nc(C)c(C(C)Nc2c(Cl)cccc2Cl)c1C. The van der Waals surface area contributed by atoms with Gasteiger partial charge in [-0.05, 0) is 39.8 Å². The van der Waals surface area contributed by atoms with Crippen LogP contribution in [-0.4, -0.2) is 9.78 Å². The molecule has 1 heterocycles. The van der Waals surface area contributed by atoms with Crippen LogP contribution in [0.5, 0.6) is 0 Å². The second kappa shape index (κ2) is 6.06. The molecule has 3 nitrogen and oxygen atoms in total. The highest BCUT2D eigenvalue weighted by molar-refractivity contribution is 6.39. The topological polar surface area (TPSA) is 29.9 Å². The number of benzene rings is 1. The van der Waals surface area contributed by atoms with Crippen molar-refractivity contribution in [3.05, 3.63) is 45.2 Å². The van der Waals surface area contributed by atoms with Crippen molar-refractivity contribution in [2.24, 2.45) is 0 Å². The maximum Gasteiger partial charge on any atom is 0.0723 e. The highest BCUT2D eigenvalue weighted by Crippen LogP contribution is 2.34. The number of hydrogen-bond acceptors (Lipinski definition) is 2. The highest BCUT2D eigenvalue weighted by Gasteiger charge is 2.18. The van der Waals surface area contributed by atoms with Crippen molar-refractivity contribution in [1.29, 1.82) is 0 Å². The van der Waals surface area contributed by atoms with E-state index in [0.29, 0.717) is 10.0 Å². The number of aryl methyl sites for hydroxylation is 2. The van der Waals surface area contributed by atoms with E-state index in [9.17, 15) is 0 Å². The van der Waals surface area contributed by atoms with Gasteiger partial charge in [0.1, 0.15) is 0 Å². The summed E-state index contributed by atoms with van der Waals surface area (Å²) in [6.45, 7) is 9.17. The largest absolute Gasteiger partial charge is 0.376 e. The Hall–Kier alpha value is -1.19. The standard InChI is InChI=1S/C15H19Cl2N3/c1-5-20-11(4)14(10(3)19-20)9(2)18-15-12(16)7-6-8-13(15)17/h6-9,18H,5H2,1-4H3. The number of para-hydroxylation sites is 1. The lowest BCUT2D eigenvalue weighted by Gasteiger charge is -2.18. The van der Waals surface area contributed by atoms with Crippen molar-refractivity contribution < 1.29 is 0 Å². The van der Waals surface area contributed by atoms with Gasteiger partial charge in [-0.2, -0.15) is 5.10 Å². The summed E-state index contributed by atoms with van der Waals surface area (Å²) in [4.78, 5) is 0. The molecule has 5 heteroatoms. The zero-order chi connectivity index (χ0) is 14.9. The lowest BCUT2D eigenvalue weighted by atomic mass is 10.1. The maximum atomic E-state index is 6.21. The summed E-state index contributed by atoms with van der Waals surface area (Å²) in [6, 6.07) is 5.59. The van der Waals surface area contributed by atoms with Crippen molar-refractivity contribution in [1.82, 2.24) is 9.78 Å². The van der Waals surface area contributed by atoms with Crippen LogP contribution in [0.25, 0.3) is 0 Å². The molecule has 1 aromatic heterocycles. The fraction of sp³-hybridized carbons (Fsp3) is 0.400. The highest BCUT2D eigenvalue weighted by atomic mass is 35.5. The number of hydrogen-bond donors (Lipinski definition) is 1. The molecule has 0 aliphatic rings. The molecule has 20 heavy (non-hydrogen) atoms. The Kier molecular flexibility index (Phi) is 4.61. The quantitative estimate of drug-likeness (QED) is 0.861. The Morgan fingerprint density at radius 2 is 1.85 bits per heavy atom. The number of nitrogens with zero attached hydrogens (tertiary/aromatic N) is 2. The van der Waals surface area contributed by atoms with E-state index in [0.717, 1.165) is 17.9 Å². The molecule has 0 amide bonds. The molecule has 2 aromatic rings. The Morgan fingerprint density at radius 3 is 2.35 bits per heavy atom. The van der Waals surface area contributed by atoms with Gasteiger partial charge in [-0.15, -0.1) is 0 Å². The molecule has 0 saturated carbocycles. The molecule has 0 aliphatic carbocycles. The monoisotopic (exact) mass is 311 g/mol. The molecular formula is C15H19Cl2N3. The Morgan fingerprint density at radius 1 is 1.25 bits per heavy atom. The third kappa shape index (κ3) is 2.79. The van der Waals surface area contributed by atoms with Gasteiger partial charge in [0, 0.05) is 17.8 Å². The van der Waals surface area contributed by atoms with E-state index in [1.165, 1.54) is 11.3 Å². The molecule has 0 bridgehead atoms. The van der Waals surface area contributed by atoms with Crippen LogP contribution in [0.2, 0.25) is 10.0 Å². The average Bonchev–Trinajstić information content (AvgIpc) is 2.68. The fourth-order valence-corrected chi connectivity index (χ4v) is 3.08. The molecule has 1 N–H and O–H groups in total. The first-order valence-electron chi connectivity index (χ1n) is 6.70. The minimum absolute atomic E-state index is 0.0905. The fourth-order valence-electron chi connectivity index (χ4n) is 2.57. The molecule has 1 aromatic carbocycles. The minimum atomic E-state index is 0.0905. The van der Waals surface area contributed by atoms with E-state index in [4.69, 9.17) is 23.2 Å². The molecule has 0 spiro atoms. The maximum absolute atomic E-state index is 6.21. The van der Waals surface area contributed by atoms with Crippen molar-refractivity contribution in [3.8, 4) is 0 Å². The molecule has 108 valence electrons. The Labute approximate surface area is 129 Å². The second-order valence-corrected chi connectivity index (χ2v) is 5.68. The van der Waals surface area contributed by atoms with Gasteiger partial charge in [0.2, 0.25) is 0 Å². The lowest BCUT2D eigenvalue weighted by Crippen LogP contribution is -2.10. The molecule has 0 saturated heterocycles. The molecular weight excluding hydrogens is 293 g/mol. The predicted octanol–water partition coefficient (Wildman–Crippen LogP) is 5.00. The van der Waals surface area contributed by atoms with Gasteiger partial charge in [-0.3, -0.25) is 4.68 Å². The van der Waals surface area contributed by atoms with Crippen LogP contribution in [0.15, 0.2) is 18.2 Å².